The fraction of sp³-hybridized carbons (Fsp3) is 0.500. The van der Waals surface area contributed by atoms with Crippen LogP contribution >= 0.6 is 11.8 Å². The fourth-order valence-corrected chi connectivity index (χ4v) is 3.11. The van der Waals surface area contributed by atoms with E-state index < -0.39 is 6.10 Å². The number of aliphatic hydroxyl groups is 1. The highest BCUT2D eigenvalue weighted by atomic mass is 32.2. The zero-order valence-electron chi connectivity index (χ0n) is 10.6. The van der Waals surface area contributed by atoms with Gasteiger partial charge in [-0.15, -0.1) is 11.8 Å². The monoisotopic (exact) mass is 265 g/mol. The largest absolute Gasteiger partial charge is 0.389 e. The first-order valence-electron chi connectivity index (χ1n) is 6.39. The first kappa shape index (κ1) is 13.4. The summed E-state index contributed by atoms with van der Waals surface area (Å²) in [4.78, 5) is 12.9. The molecule has 0 saturated carbocycles. The van der Waals surface area contributed by atoms with E-state index in [0.717, 1.165) is 36.3 Å². The number of carbonyl (C=O) groups is 1. The van der Waals surface area contributed by atoms with Crippen LogP contribution in [0.3, 0.4) is 0 Å². The van der Waals surface area contributed by atoms with Gasteiger partial charge in [0, 0.05) is 11.4 Å². The van der Waals surface area contributed by atoms with Crippen molar-refractivity contribution in [1.82, 2.24) is 5.32 Å². The van der Waals surface area contributed by atoms with Crippen molar-refractivity contribution in [3.05, 3.63) is 29.8 Å². The second kappa shape index (κ2) is 6.25. The van der Waals surface area contributed by atoms with Gasteiger partial charge in [0.15, 0.2) is 0 Å². The molecule has 0 aromatic heterocycles. The lowest BCUT2D eigenvalue weighted by Gasteiger charge is -2.13. The van der Waals surface area contributed by atoms with E-state index in [4.69, 9.17) is 0 Å². The molecular formula is C14H19NO2S. The molecule has 1 aromatic carbocycles. The van der Waals surface area contributed by atoms with Crippen molar-refractivity contribution in [2.45, 2.75) is 42.4 Å². The molecule has 1 heterocycles. The number of rotatable bonds is 3. The molecule has 3 nitrogen and oxygen atoms in total. The van der Waals surface area contributed by atoms with Gasteiger partial charge in [-0.25, -0.2) is 0 Å². The number of aliphatic hydroxyl groups excluding tert-OH is 1. The molecule has 1 aliphatic rings. The molecule has 0 bridgehead atoms. The van der Waals surface area contributed by atoms with Crippen LogP contribution in [-0.4, -0.2) is 22.8 Å². The van der Waals surface area contributed by atoms with Crippen molar-refractivity contribution in [2.75, 3.05) is 6.54 Å². The summed E-state index contributed by atoms with van der Waals surface area (Å²) in [5.41, 5.74) is 0.907. The third-order valence-corrected chi connectivity index (χ3v) is 4.40. The van der Waals surface area contributed by atoms with E-state index in [2.05, 4.69) is 5.32 Å². The van der Waals surface area contributed by atoms with Gasteiger partial charge in [0.25, 0.3) is 0 Å². The normalized spacial score (nSPS) is 22.1. The predicted molar refractivity (Wildman–Crippen MR) is 73.6 cm³/mol. The average molecular weight is 265 g/mol. The summed E-state index contributed by atoms with van der Waals surface area (Å²) in [6, 6.07) is 7.79. The number of amides is 1. The highest BCUT2D eigenvalue weighted by Crippen LogP contribution is 2.29. The molecule has 2 atom stereocenters. The van der Waals surface area contributed by atoms with Gasteiger partial charge in [-0.3, -0.25) is 4.79 Å². The van der Waals surface area contributed by atoms with Crippen LogP contribution < -0.4 is 5.32 Å². The van der Waals surface area contributed by atoms with Crippen LogP contribution in [0.2, 0.25) is 0 Å². The van der Waals surface area contributed by atoms with Crippen molar-refractivity contribution < 1.29 is 9.90 Å². The van der Waals surface area contributed by atoms with E-state index in [1.54, 1.807) is 18.7 Å². The van der Waals surface area contributed by atoms with Crippen LogP contribution in [0.5, 0.6) is 0 Å². The summed E-state index contributed by atoms with van der Waals surface area (Å²) in [6.07, 6.45) is 2.67. The SMILES string of the molecule is C[C@H](O)c1ccc(S[C@H]2CCCCNC2=O)cc1. The van der Waals surface area contributed by atoms with E-state index in [1.165, 1.54) is 0 Å². The Morgan fingerprint density at radius 2 is 2.06 bits per heavy atom. The third-order valence-electron chi connectivity index (χ3n) is 3.13. The van der Waals surface area contributed by atoms with E-state index in [1.807, 2.05) is 24.3 Å². The van der Waals surface area contributed by atoms with Crippen LogP contribution in [0, 0.1) is 0 Å². The number of benzene rings is 1. The molecule has 4 heteroatoms. The Hall–Kier alpha value is -1.00. The van der Waals surface area contributed by atoms with Gasteiger partial charge in [-0.05, 0) is 37.5 Å². The Bertz CT molecular complexity index is 403. The molecule has 2 rings (SSSR count). The smallest absolute Gasteiger partial charge is 0.233 e. The Labute approximate surface area is 112 Å². The molecule has 1 aliphatic heterocycles. The standard InChI is InChI=1S/C14H19NO2S/c1-10(16)11-5-7-12(8-6-11)18-13-4-2-3-9-15-14(13)17/h5-8,10,13,16H,2-4,9H2,1H3,(H,15,17)/t10-,13-/m0/s1. The summed E-state index contributed by atoms with van der Waals surface area (Å²) in [5, 5.41) is 12.4. The zero-order chi connectivity index (χ0) is 13.0. The fourth-order valence-electron chi connectivity index (χ4n) is 2.01. The predicted octanol–water partition coefficient (Wildman–Crippen LogP) is 2.50. The number of nitrogens with one attached hydrogen (secondary N) is 1. The molecule has 1 amide bonds. The lowest BCUT2D eigenvalue weighted by Crippen LogP contribution is -2.30. The van der Waals surface area contributed by atoms with Gasteiger partial charge >= 0.3 is 0 Å². The first-order chi connectivity index (χ1) is 8.66. The Balaban J connectivity index is 2.01. The van der Waals surface area contributed by atoms with Crippen molar-refractivity contribution in [2.24, 2.45) is 0 Å². The molecule has 0 unspecified atom stereocenters. The van der Waals surface area contributed by atoms with Crippen LogP contribution in [0.1, 0.15) is 37.9 Å². The van der Waals surface area contributed by atoms with Gasteiger partial charge in [0.05, 0.1) is 11.4 Å². The van der Waals surface area contributed by atoms with E-state index in [9.17, 15) is 9.90 Å². The number of carbonyl (C=O) groups excluding carboxylic acids is 1. The number of thioether (sulfide) groups is 1. The second-order valence-corrected chi connectivity index (χ2v) is 5.91. The van der Waals surface area contributed by atoms with E-state index in [0.29, 0.717) is 0 Å². The number of hydrogen-bond acceptors (Lipinski definition) is 3. The molecule has 1 aromatic rings. The maximum Gasteiger partial charge on any atom is 0.233 e. The molecule has 98 valence electrons. The summed E-state index contributed by atoms with van der Waals surface area (Å²) < 4.78 is 0. The van der Waals surface area contributed by atoms with Crippen LogP contribution in [0.4, 0.5) is 0 Å². The Kier molecular flexibility index (Phi) is 4.66. The van der Waals surface area contributed by atoms with Crippen molar-refractivity contribution in [3.63, 3.8) is 0 Å². The molecule has 2 N–H and O–H groups in total. The highest BCUT2D eigenvalue weighted by molar-refractivity contribution is 8.00. The summed E-state index contributed by atoms with van der Waals surface area (Å²) in [7, 11) is 0. The minimum absolute atomic E-state index is 0.0184. The Morgan fingerprint density at radius 1 is 1.33 bits per heavy atom. The van der Waals surface area contributed by atoms with Gasteiger partial charge in [-0.1, -0.05) is 18.6 Å². The van der Waals surface area contributed by atoms with Crippen molar-refractivity contribution in [3.8, 4) is 0 Å². The third kappa shape index (κ3) is 3.50. The first-order valence-corrected chi connectivity index (χ1v) is 7.27. The van der Waals surface area contributed by atoms with Crippen LogP contribution in [-0.2, 0) is 4.79 Å². The minimum Gasteiger partial charge on any atom is -0.389 e. The van der Waals surface area contributed by atoms with Crippen molar-refractivity contribution in [1.29, 1.82) is 0 Å². The summed E-state index contributed by atoms with van der Waals surface area (Å²) >= 11 is 1.61. The topological polar surface area (TPSA) is 49.3 Å². The second-order valence-electron chi connectivity index (χ2n) is 4.64. The van der Waals surface area contributed by atoms with Crippen LogP contribution in [0.15, 0.2) is 29.2 Å². The summed E-state index contributed by atoms with van der Waals surface area (Å²) in [5.74, 6) is 0.150. The van der Waals surface area contributed by atoms with Gasteiger partial charge in [0.2, 0.25) is 5.91 Å². The maximum absolute atomic E-state index is 11.8. The molecule has 1 saturated heterocycles. The number of hydrogen-bond donors (Lipinski definition) is 2. The maximum atomic E-state index is 11.8. The van der Waals surface area contributed by atoms with Gasteiger partial charge < -0.3 is 10.4 Å². The Morgan fingerprint density at radius 3 is 2.72 bits per heavy atom. The molecule has 0 aliphatic carbocycles. The quantitative estimate of drug-likeness (QED) is 0.883. The van der Waals surface area contributed by atoms with Crippen molar-refractivity contribution >= 4 is 17.7 Å². The minimum atomic E-state index is -0.440. The molecule has 18 heavy (non-hydrogen) atoms. The van der Waals surface area contributed by atoms with E-state index >= 15 is 0 Å². The van der Waals surface area contributed by atoms with Gasteiger partial charge in [-0.2, -0.15) is 0 Å². The van der Waals surface area contributed by atoms with Gasteiger partial charge in [0.1, 0.15) is 0 Å². The molecular weight excluding hydrogens is 246 g/mol. The molecule has 0 radical (unpaired) electrons. The zero-order valence-corrected chi connectivity index (χ0v) is 11.4. The average Bonchev–Trinajstić information content (AvgIpc) is 2.56. The lowest BCUT2D eigenvalue weighted by molar-refractivity contribution is -0.120. The highest BCUT2D eigenvalue weighted by Gasteiger charge is 2.21. The molecule has 0 spiro atoms. The van der Waals surface area contributed by atoms with Crippen LogP contribution in [0.25, 0.3) is 0 Å². The molecule has 1 fully saturated rings. The van der Waals surface area contributed by atoms with E-state index in [-0.39, 0.29) is 11.2 Å². The lowest BCUT2D eigenvalue weighted by atomic mass is 10.1. The summed E-state index contributed by atoms with van der Waals surface area (Å²) in [6.45, 7) is 2.55.